The molecule has 0 bridgehead atoms. The van der Waals surface area contributed by atoms with Gasteiger partial charge in [-0.25, -0.2) is 8.78 Å². The highest BCUT2D eigenvalue weighted by molar-refractivity contribution is 5.75. The molecule has 3 nitrogen and oxygen atoms in total. The van der Waals surface area contributed by atoms with Crippen molar-refractivity contribution >= 4 is 5.97 Å². The van der Waals surface area contributed by atoms with Gasteiger partial charge in [0.2, 0.25) is 11.6 Å². The third-order valence-electron chi connectivity index (χ3n) is 8.67. The van der Waals surface area contributed by atoms with E-state index in [-0.39, 0.29) is 24.2 Å². The molecule has 0 spiro atoms. The van der Waals surface area contributed by atoms with Crippen LogP contribution in [0.4, 0.5) is 17.6 Å². The maximum Gasteiger partial charge on any atom is 0.314 e. The number of ether oxygens (including phenoxy) is 2. The third kappa shape index (κ3) is 6.96. The smallest absolute Gasteiger partial charge is 0.314 e. The van der Waals surface area contributed by atoms with Crippen molar-refractivity contribution in [2.45, 2.75) is 103 Å². The van der Waals surface area contributed by atoms with Crippen LogP contribution >= 0.6 is 0 Å². The molecule has 0 atom stereocenters. The van der Waals surface area contributed by atoms with Gasteiger partial charge < -0.3 is 9.47 Å². The van der Waals surface area contributed by atoms with Crippen molar-refractivity contribution in [1.29, 1.82) is 0 Å². The van der Waals surface area contributed by atoms with Gasteiger partial charge in [-0.3, -0.25) is 4.79 Å². The Hall–Kier alpha value is -2.57. The van der Waals surface area contributed by atoms with Gasteiger partial charge in [-0.15, -0.1) is 0 Å². The minimum Gasteiger partial charge on any atom is -0.491 e. The van der Waals surface area contributed by atoms with E-state index < -0.39 is 40.9 Å². The maximum absolute atomic E-state index is 15.2. The summed E-state index contributed by atoms with van der Waals surface area (Å²) in [7, 11) is 0. The molecule has 2 aromatic rings. The second-order valence-corrected chi connectivity index (χ2v) is 11.2. The van der Waals surface area contributed by atoms with Crippen molar-refractivity contribution in [2.24, 2.45) is 11.8 Å². The molecule has 0 N–H and O–H groups in total. The summed E-state index contributed by atoms with van der Waals surface area (Å²) in [5.74, 6) is -5.30. The average molecular weight is 549 g/mol. The zero-order valence-electron chi connectivity index (χ0n) is 23.0. The largest absolute Gasteiger partial charge is 0.491 e. The zero-order valence-corrected chi connectivity index (χ0v) is 23.0. The molecule has 0 aromatic heterocycles. The lowest BCUT2D eigenvalue weighted by Crippen LogP contribution is -2.26. The van der Waals surface area contributed by atoms with E-state index in [1.54, 1.807) is 19.1 Å². The summed E-state index contributed by atoms with van der Waals surface area (Å²) in [6, 6.07) is 5.88. The van der Waals surface area contributed by atoms with E-state index in [1.807, 2.05) is 0 Å². The number of benzene rings is 2. The van der Waals surface area contributed by atoms with Gasteiger partial charge in [0, 0.05) is 0 Å². The van der Waals surface area contributed by atoms with Gasteiger partial charge >= 0.3 is 5.97 Å². The van der Waals surface area contributed by atoms with E-state index in [0.717, 1.165) is 25.7 Å². The molecule has 2 aromatic carbocycles. The van der Waals surface area contributed by atoms with Crippen LogP contribution in [0.3, 0.4) is 0 Å². The Kier molecular flexibility index (Phi) is 10.3. The topological polar surface area (TPSA) is 35.5 Å². The van der Waals surface area contributed by atoms with Gasteiger partial charge in [0.1, 0.15) is 0 Å². The van der Waals surface area contributed by atoms with E-state index in [4.69, 9.17) is 9.47 Å². The van der Waals surface area contributed by atoms with Crippen LogP contribution in [-0.2, 0) is 4.79 Å². The second kappa shape index (κ2) is 13.7. The molecule has 0 saturated heterocycles. The monoisotopic (exact) mass is 548 g/mol. The molecule has 7 heteroatoms. The quantitative estimate of drug-likeness (QED) is 0.128. The number of hydrogen-bond donors (Lipinski definition) is 0. The van der Waals surface area contributed by atoms with Crippen LogP contribution in [0.1, 0.15) is 114 Å². The van der Waals surface area contributed by atoms with Gasteiger partial charge in [0.05, 0.1) is 12.5 Å². The van der Waals surface area contributed by atoms with Gasteiger partial charge in [0.15, 0.2) is 23.1 Å². The fraction of sp³-hybridized carbons (Fsp3) is 0.594. The Bertz CT molecular complexity index is 1120. The zero-order chi connectivity index (χ0) is 27.9. The molecule has 2 aliphatic carbocycles. The third-order valence-corrected chi connectivity index (χ3v) is 8.67. The first-order valence-corrected chi connectivity index (χ1v) is 14.6. The molecule has 2 saturated carbocycles. The number of carbonyl (C=O) groups excluding carboxylic acids is 1. The summed E-state index contributed by atoms with van der Waals surface area (Å²) in [6.45, 7) is 4.02. The Balaban J connectivity index is 1.32. The van der Waals surface area contributed by atoms with E-state index in [1.165, 1.54) is 37.8 Å². The van der Waals surface area contributed by atoms with Crippen molar-refractivity contribution in [2.75, 3.05) is 6.61 Å². The summed E-state index contributed by atoms with van der Waals surface area (Å²) < 4.78 is 69.1. The summed E-state index contributed by atoms with van der Waals surface area (Å²) in [4.78, 5) is 12.6. The minimum absolute atomic E-state index is 0.0642. The van der Waals surface area contributed by atoms with E-state index in [0.29, 0.717) is 42.7 Å². The lowest BCUT2D eigenvalue weighted by Gasteiger charge is -2.30. The molecular weight excluding hydrogens is 508 g/mol. The maximum atomic E-state index is 15.2. The highest BCUT2D eigenvalue weighted by Crippen LogP contribution is 2.42. The number of esters is 1. The molecule has 0 unspecified atom stereocenters. The average Bonchev–Trinajstić information content (AvgIpc) is 2.95. The van der Waals surface area contributed by atoms with E-state index >= 15 is 8.78 Å². The van der Waals surface area contributed by atoms with Crippen LogP contribution < -0.4 is 9.47 Å². The van der Waals surface area contributed by atoms with Crippen LogP contribution in [0.25, 0.3) is 0 Å². The number of hydrogen-bond acceptors (Lipinski definition) is 3. The first-order valence-electron chi connectivity index (χ1n) is 14.6. The normalized spacial score (nSPS) is 23.4. The van der Waals surface area contributed by atoms with Crippen LogP contribution in [0.2, 0.25) is 0 Å². The predicted molar refractivity (Wildman–Crippen MR) is 143 cm³/mol. The number of halogens is 4. The SMILES string of the molecule is CCCCCC1CCC(c2ccc(C3CCC(C(=O)Oc4ccc(OCC)c(F)c4F)CC3)c(F)c2F)CC1. The predicted octanol–water partition coefficient (Wildman–Crippen LogP) is 9.38. The fourth-order valence-corrected chi connectivity index (χ4v) is 6.35. The Labute approximate surface area is 229 Å². The molecule has 0 amide bonds. The number of rotatable bonds is 10. The van der Waals surface area contributed by atoms with Crippen LogP contribution in [0.15, 0.2) is 24.3 Å². The van der Waals surface area contributed by atoms with Crippen LogP contribution in [-0.4, -0.2) is 12.6 Å². The summed E-state index contributed by atoms with van der Waals surface area (Å²) in [6.07, 6.45) is 10.7. The molecule has 2 aliphatic rings. The Morgan fingerprint density at radius 2 is 1.26 bits per heavy atom. The van der Waals surface area contributed by atoms with Gasteiger partial charge in [-0.2, -0.15) is 8.78 Å². The summed E-state index contributed by atoms with van der Waals surface area (Å²) >= 11 is 0. The molecule has 214 valence electrons. The molecule has 0 aliphatic heterocycles. The second-order valence-electron chi connectivity index (χ2n) is 11.2. The van der Waals surface area contributed by atoms with Gasteiger partial charge in [-0.05, 0) is 99.3 Å². The lowest BCUT2D eigenvalue weighted by molar-refractivity contribution is -0.140. The van der Waals surface area contributed by atoms with Crippen molar-refractivity contribution < 1.29 is 31.8 Å². The molecule has 0 radical (unpaired) electrons. The Morgan fingerprint density at radius 3 is 1.82 bits per heavy atom. The molecule has 4 rings (SSSR count). The van der Waals surface area contributed by atoms with Crippen molar-refractivity contribution in [3.05, 3.63) is 58.7 Å². The molecule has 0 heterocycles. The number of carbonyl (C=O) groups is 1. The highest BCUT2D eigenvalue weighted by Gasteiger charge is 2.33. The molecule has 2 fully saturated rings. The summed E-state index contributed by atoms with van der Waals surface area (Å²) in [5.41, 5.74) is 0.848. The first kappa shape index (κ1) is 29.4. The van der Waals surface area contributed by atoms with Gasteiger partial charge in [-0.1, -0.05) is 44.7 Å². The van der Waals surface area contributed by atoms with Crippen LogP contribution in [0, 0.1) is 35.1 Å². The van der Waals surface area contributed by atoms with Crippen molar-refractivity contribution in [3.8, 4) is 11.5 Å². The molecule has 39 heavy (non-hydrogen) atoms. The van der Waals surface area contributed by atoms with E-state index in [9.17, 15) is 13.6 Å². The highest BCUT2D eigenvalue weighted by atomic mass is 19.2. The van der Waals surface area contributed by atoms with E-state index in [2.05, 4.69) is 6.92 Å². The summed E-state index contributed by atoms with van der Waals surface area (Å²) in [5, 5.41) is 0. The van der Waals surface area contributed by atoms with Crippen molar-refractivity contribution in [1.82, 2.24) is 0 Å². The Morgan fingerprint density at radius 1 is 0.718 bits per heavy atom. The van der Waals surface area contributed by atoms with Gasteiger partial charge in [0.25, 0.3) is 0 Å². The first-order chi connectivity index (χ1) is 18.8. The van der Waals surface area contributed by atoms with Crippen LogP contribution in [0.5, 0.6) is 11.5 Å². The number of unbranched alkanes of at least 4 members (excludes halogenated alkanes) is 2. The molecular formula is C32H40F4O3. The fourth-order valence-electron chi connectivity index (χ4n) is 6.35. The lowest BCUT2D eigenvalue weighted by atomic mass is 9.75. The standard InChI is InChI=1S/C32H40F4O3/c1-3-5-6-7-20-8-10-21(11-9-20)24-16-17-25(29(34)28(24)33)22-12-14-23(15-13-22)32(37)39-27-19-18-26(38-4-2)30(35)31(27)36/h16-23H,3-15H2,1-2H3. The van der Waals surface area contributed by atoms with Crippen molar-refractivity contribution in [3.63, 3.8) is 0 Å². The minimum atomic E-state index is -1.27.